The van der Waals surface area contributed by atoms with E-state index < -0.39 is 5.41 Å². The molecule has 0 amide bonds. The fourth-order valence-electron chi connectivity index (χ4n) is 5.69. The molecule has 4 aromatic rings. The van der Waals surface area contributed by atoms with Crippen molar-refractivity contribution in [1.82, 2.24) is 19.4 Å². The fraction of sp³-hybridized carbons (Fsp3) is 0.400. The number of piperidine rings is 1. The number of aryl methyl sites for hydroxylation is 1. The quantitative estimate of drug-likeness (QED) is 0.330. The molecule has 0 saturated carbocycles. The predicted octanol–water partition coefficient (Wildman–Crippen LogP) is 5.45. The molecule has 0 spiro atoms. The van der Waals surface area contributed by atoms with E-state index in [-0.39, 0.29) is 18.2 Å². The molecule has 2 unspecified atom stereocenters. The minimum absolute atomic E-state index is 0.0372. The lowest BCUT2D eigenvalue weighted by atomic mass is 9.80. The molecule has 0 radical (unpaired) electrons. The summed E-state index contributed by atoms with van der Waals surface area (Å²) in [5, 5.41) is 0. The Kier molecular flexibility index (Phi) is 6.14. The Hall–Kier alpha value is -3.78. The van der Waals surface area contributed by atoms with E-state index in [2.05, 4.69) is 62.7 Å². The average Bonchev–Trinajstić information content (AvgIpc) is 3.44. The van der Waals surface area contributed by atoms with Crippen LogP contribution in [0.5, 0.6) is 0 Å². The summed E-state index contributed by atoms with van der Waals surface area (Å²) in [6.07, 6.45) is 7.16. The van der Waals surface area contributed by atoms with Crippen LogP contribution < -0.4 is 4.90 Å². The molecule has 2 aliphatic heterocycles. The third kappa shape index (κ3) is 4.13. The van der Waals surface area contributed by atoms with Crippen molar-refractivity contribution in [2.75, 3.05) is 24.6 Å². The molecule has 6 rings (SSSR count). The predicted molar refractivity (Wildman–Crippen MR) is 145 cm³/mol. The third-order valence-corrected chi connectivity index (χ3v) is 8.03. The van der Waals surface area contributed by atoms with E-state index in [9.17, 15) is 4.79 Å². The molecule has 8 nitrogen and oxygen atoms in total. The second kappa shape index (κ2) is 9.51. The highest BCUT2D eigenvalue weighted by Gasteiger charge is 2.39. The lowest BCUT2D eigenvalue weighted by Crippen LogP contribution is -2.44. The first-order valence-electron chi connectivity index (χ1n) is 13.4. The van der Waals surface area contributed by atoms with Crippen LogP contribution in [0.3, 0.4) is 0 Å². The highest BCUT2D eigenvalue weighted by atomic mass is 16.5. The zero-order valence-corrected chi connectivity index (χ0v) is 22.3. The van der Waals surface area contributed by atoms with E-state index in [1.165, 1.54) is 11.1 Å². The standard InChI is InChI=1S/C30H33N5O3/c1-5-37-28(36)30(4)12-14-34(15-13-30)29-31-16-22(17-32-29)21-10-11-25-33-19(2)26(35(25)18-21)27-24-9-7-6-8-23(24)20(3)38-27/h6-11,16-18,20,27H,5,12-15H2,1-4H3. The van der Waals surface area contributed by atoms with Gasteiger partial charge in [-0.3, -0.25) is 4.79 Å². The molecule has 1 aromatic carbocycles. The Morgan fingerprint density at radius 1 is 1.08 bits per heavy atom. The van der Waals surface area contributed by atoms with E-state index in [0.29, 0.717) is 12.6 Å². The van der Waals surface area contributed by atoms with Crippen LogP contribution in [0.25, 0.3) is 16.8 Å². The summed E-state index contributed by atoms with van der Waals surface area (Å²) in [4.78, 5) is 28.7. The number of benzene rings is 1. The van der Waals surface area contributed by atoms with Crippen LogP contribution in [0.4, 0.5) is 5.95 Å². The van der Waals surface area contributed by atoms with Gasteiger partial charge in [0.1, 0.15) is 11.8 Å². The van der Waals surface area contributed by atoms with Crippen LogP contribution >= 0.6 is 0 Å². The Labute approximate surface area is 222 Å². The molecule has 0 N–H and O–H groups in total. The first-order chi connectivity index (χ1) is 18.4. The van der Waals surface area contributed by atoms with Crippen molar-refractivity contribution >= 4 is 17.6 Å². The van der Waals surface area contributed by atoms with Gasteiger partial charge in [0.15, 0.2) is 0 Å². The summed E-state index contributed by atoms with van der Waals surface area (Å²) in [6.45, 7) is 9.83. The van der Waals surface area contributed by atoms with Crippen LogP contribution in [0.2, 0.25) is 0 Å². The van der Waals surface area contributed by atoms with E-state index >= 15 is 0 Å². The molecule has 196 valence electrons. The molecule has 3 aromatic heterocycles. The van der Waals surface area contributed by atoms with Crippen molar-refractivity contribution in [1.29, 1.82) is 0 Å². The van der Waals surface area contributed by atoms with Crippen LogP contribution in [-0.2, 0) is 14.3 Å². The SMILES string of the molecule is CCOC(=O)C1(C)CCN(c2ncc(-c3ccc4nc(C)c(C5OC(C)c6ccccc65)n4c3)cn2)CC1. The number of hydrogen-bond acceptors (Lipinski definition) is 7. The summed E-state index contributed by atoms with van der Waals surface area (Å²) < 4.78 is 13.8. The van der Waals surface area contributed by atoms with Gasteiger partial charge >= 0.3 is 5.97 Å². The van der Waals surface area contributed by atoms with Crippen molar-refractivity contribution in [2.24, 2.45) is 5.41 Å². The van der Waals surface area contributed by atoms with Gasteiger partial charge in [-0.1, -0.05) is 24.3 Å². The molecular formula is C30H33N5O3. The molecular weight excluding hydrogens is 478 g/mol. The van der Waals surface area contributed by atoms with Gasteiger partial charge in [-0.15, -0.1) is 0 Å². The van der Waals surface area contributed by atoms with Crippen LogP contribution in [0.15, 0.2) is 55.0 Å². The second-order valence-corrected chi connectivity index (χ2v) is 10.6. The summed E-state index contributed by atoms with van der Waals surface area (Å²) in [6, 6.07) is 12.5. The number of rotatable bonds is 5. The van der Waals surface area contributed by atoms with Gasteiger partial charge in [-0.05, 0) is 63.8 Å². The van der Waals surface area contributed by atoms with Crippen molar-refractivity contribution < 1.29 is 14.3 Å². The van der Waals surface area contributed by atoms with Gasteiger partial charge in [0, 0.05) is 42.8 Å². The largest absolute Gasteiger partial charge is 0.466 e. The number of ether oxygens (including phenoxy) is 2. The Morgan fingerprint density at radius 2 is 1.79 bits per heavy atom. The lowest BCUT2D eigenvalue weighted by Gasteiger charge is -2.37. The van der Waals surface area contributed by atoms with Crippen molar-refractivity contribution in [2.45, 2.75) is 52.7 Å². The molecule has 0 bridgehead atoms. The van der Waals surface area contributed by atoms with Gasteiger partial charge in [0.25, 0.3) is 0 Å². The Balaban J connectivity index is 1.25. The molecule has 5 heterocycles. The average molecular weight is 512 g/mol. The molecule has 38 heavy (non-hydrogen) atoms. The smallest absolute Gasteiger partial charge is 0.311 e. The number of carbonyl (C=O) groups is 1. The van der Waals surface area contributed by atoms with Crippen LogP contribution in [0, 0.1) is 12.3 Å². The Morgan fingerprint density at radius 3 is 2.50 bits per heavy atom. The number of pyridine rings is 1. The van der Waals surface area contributed by atoms with Crippen molar-refractivity contribution in [3.63, 3.8) is 0 Å². The molecule has 1 fully saturated rings. The summed E-state index contributed by atoms with van der Waals surface area (Å²) in [5.41, 5.74) is 6.83. The van der Waals surface area contributed by atoms with E-state index in [0.717, 1.165) is 54.1 Å². The van der Waals surface area contributed by atoms with Gasteiger partial charge in [-0.2, -0.15) is 0 Å². The first-order valence-corrected chi connectivity index (χ1v) is 13.4. The maximum Gasteiger partial charge on any atom is 0.311 e. The van der Waals surface area contributed by atoms with E-state index in [4.69, 9.17) is 14.5 Å². The second-order valence-electron chi connectivity index (χ2n) is 10.6. The third-order valence-electron chi connectivity index (χ3n) is 8.03. The number of fused-ring (bicyclic) bond motifs is 2. The number of aromatic nitrogens is 4. The first kappa shape index (κ1) is 24.6. The molecule has 8 heteroatoms. The molecule has 2 aliphatic rings. The summed E-state index contributed by atoms with van der Waals surface area (Å²) in [7, 11) is 0. The summed E-state index contributed by atoms with van der Waals surface area (Å²) >= 11 is 0. The maximum absolute atomic E-state index is 12.4. The minimum atomic E-state index is -0.441. The number of hydrogen-bond donors (Lipinski definition) is 0. The fourth-order valence-corrected chi connectivity index (χ4v) is 5.69. The highest BCUT2D eigenvalue weighted by molar-refractivity contribution is 5.76. The van der Waals surface area contributed by atoms with Gasteiger partial charge in [0.2, 0.25) is 5.95 Å². The number of imidazole rings is 1. The van der Waals surface area contributed by atoms with Crippen LogP contribution in [0.1, 0.15) is 68.3 Å². The summed E-state index contributed by atoms with van der Waals surface area (Å²) in [5.74, 6) is 0.575. The van der Waals surface area contributed by atoms with E-state index in [1.807, 2.05) is 39.2 Å². The number of anilines is 1. The molecule has 1 saturated heterocycles. The number of carbonyl (C=O) groups excluding carboxylic acids is 1. The Bertz CT molecular complexity index is 1490. The highest BCUT2D eigenvalue weighted by Crippen LogP contribution is 2.43. The maximum atomic E-state index is 12.4. The van der Waals surface area contributed by atoms with Crippen LogP contribution in [-0.4, -0.2) is 45.0 Å². The molecule has 0 aliphatic carbocycles. The minimum Gasteiger partial charge on any atom is -0.466 e. The van der Waals surface area contributed by atoms with Gasteiger partial charge in [-0.25, -0.2) is 15.0 Å². The monoisotopic (exact) mass is 511 g/mol. The van der Waals surface area contributed by atoms with Gasteiger partial charge in [0.05, 0.1) is 29.5 Å². The van der Waals surface area contributed by atoms with E-state index in [1.54, 1.807) is 0 Å². The number of nitrogens with zero attached hydrogens (tertiary/aromatic N) is 5. The topological polar surface area (TPSA) is 81.8 Å². The zero-order chi connectivity index (χ0) is 26.4. The molecule has 2 atom stereocenters. The van der Waals surface area contributed by atoms with Crippen molar-refractivity contribution in [3.05, 3.63) is 77.5 Å². The normalized spacial score (nSPS) is 20.5. The lowest BCUT2D eigenvalue weighted by molar-refractivity contribution is -0.155. The van der Waals surface area contributed by atoms with Gasteiger partial charge < -0.3 is 18.8 Å². The number of esters is 1. The van der Waals surface area contributed by atoms with Crippen molar-refractivity contribution in [3.8, 4) is 11.1 Å². The zero-order valence-electron chi connectivity index (χ0n) is 22.3.